The molecule has 0 amide bonds. The number of imidazole rings is 1. The van der Waals surface area contributed by atoms with Crippen LogP contribution in [0.5, 0.6) is 0 Å². The van der Waals surface area contributed by atoms with Crippen molar-refractivity contribution in [2.75, 3.05) is 13.1 Å². The molecule has 1 aromatic carbocycles. The Morgan fingerprint density at radius 2 is 2.10 bits per heavy atom. The Kier molecular flexibility index (Phi) is 3.50. The number of aromatic nitrogens is 2. The number of piperidine rings is 1. The van der Waals surface area contributed by atoms with Gasteiger partial charge in [0.25, 0.3) is 0 Å². The van der Waals surface area contributed by atoms with Gasteiger partial charge in [0.05, 0.1) is 11.0 Å². The van der Waals surface area contributed by atoms with Crippen molar-refractivity contribution in [2.24, 2.45) is 0 Å². The minimum atomic E-state index is -0.208. The van der Waals surface area contributed by atoms with Gasteiger partial charge in [-0.15, -0.1) is 0 Å². The van der Waals surface area contributed by atoms with E-state index in [2.05, 4.69) is 23.7 Å². The third kappa shape index (κ3) is 2.22. The second-order valence-electron chi connectivity index (χ2n) is 6.03. The number of nitrogens with one attached hydrogen (secondary N) is 1. The van der Waals surface area contributed by atoms with Crippen molar-refractivity contribution in [1.29, 1.82) is 0 Å². The molecule has 0 aliphatic carbocycles. The van der Waals surface area contributed by atoms with Crippen LogP contribution in [-0.4, -0.2) is 22.6 Å². The zero-order valence-corrected chi connectivity index (χ0v) is 12.2. The van der Waals surface area contributed by atoms with Crippen molar-refractivity contribution in [3.05, 3.63) is 29.8 Å². The van der Waals surface area contributed by atoms with E-state index in [1.54, 1.807) is 6.07 Å². The van der Waals surface area contributed by atoms with E-state index in [1.807, 2.05) is 6.07 Å². The van der Waals surface area contributed by atoms with Crippen LogP contribution >= 0.6 is 0 Å². The second-order valence-corrected chi connectivity index (χ2v) is 6.03. The van der Waals surface area contributed by atoms with Gasteiger partial charge in [-0.3, -0.25) is 0 Å². The van der Waals surface area contributed by atoms with Gasteiger partial charge in [0, 0.05) is 18.0 Å². The van der Waals surface area contributed by atoms with Crippen molar-refractivity contribution in [2.45, 2.75) is 45.1 Å². The first kappa shape index (κ1) is 13.6. The van der Waals surface area contributed by atoms with E-state index in [-0.39, 0.29) is 11.2 Å². The Balaban J connectivity index is 2.15. The summed E-state index contributed by atoms with van der Waals surface area (Å²) in [5, 5.41) is 3.41. The summed E-state index contributed by atoms with van der Waals surface area (Å²) in [5.41, 5.74) is 1.94. The van der Waals surface area contributed by atoms with Crippen LogP contribution in [0.2, 0.25) is 0 Å². The van der Waals surface area contributed by atoms with Crippen LogP contribution in [0, 0.1) is 5.82 Å². The average Bonchev–Trinajstić information content (AvgIpc) is 2.79. The number of halogens is 1. The minimum Gasteiger partial charge on any atom is -0.328 e. The van der Waals surface area contributed by atoms with E-state index in [9.17, 15) is 4.39 Å². The van der Waals surface area contributed by atoms with Gasteiger partial charge >= 0.3 is 0 Å². The van der Waals surface area contributed by atoms with Gasteiger partial charge < -0.3 is 9.88 Å². The SMILES string of the molecule is CCCn1c(C2(C)CCNCC2)nc2cc(F)ccc21. The summed E-state index contributed by atoms with van der Waals surface area (Å²) in [6, 6.07) is 4.95. The Bertz CT molecular complexity index is 611. The van der Waals surface area contributed by atoms with Crippen LogP contribution in [0.15, 0.2) is 18.2 Å². The Labute approximate surface area is 119 Å². The first-order valence-corrected chi connectivity index (χ1v) is 7.51. The monoisotopic (exact) mass is 275 g/mol. The van der Waals surface area contributed by atoms with Gasteiger partial charge in [-0.25, -0.2) is 9.37 Å². The summed E-state index contributed by atoms with van der Waals surface area (Å²) in [7, 11) is 0. The quantitative estimate of drug-likeness (QED) is 0.932. The molecular weight excluding hydrogens is 253 g/mol. The first-order chi connectivity index (χ1) is 9.64. The van der Waals surface area contributed by atoms with E-state index in [0.29, 0.717) is 0 Å². The fourth-order valence-corrected chi connectivity index (χ4v) is 3.22. The van der Waals surface area contributed by atoms with Gasteiger partial charge in [0.2, 0.25) is 0 Å². The molecule has 1 aromatic heterocycles. The predicted molar refractivity (Wildman–Crippen MR) is 79.4 cm³/mol. The van der Waals surface area contributed by atoms with E-state index >= 15 is 0 Å². The van der Waals surface area contributed by atoms with Gasteiger partial charge in [0.1, 0.15) is 11.6 Å². The van der Waals surface area contributed by atoms with Crippen LogP contribution in [0.4, 0.5) is 4.39 Å². The fourth-order valence-electron chi connectivity index (χ4n) is 3.22. The van der Waals surface area contributed by atoms with Gasteiger partial charge in [0.15, 0.2) is 0 Å². The molecule has 3 nitrogen and oxygen atoms in total. The fraction of sp³-hybridized carbons (Fsp3) is 0.562. The Morgan fingerprint density at radius 3 is 2.80 bits per heavy atom. The van der Waals surface area contributed by atoms with E-state index in [1.165, 1.54) is 6.07 Å². The smallest absolute Gasteiger partial charge is 0.125 e. The highest BCUT2D eigenvalue weighted by Crippen LogP contribution is 2.34. The molecule has 2 heterocycles. The molecule has 0 spiro atoms. The van der Waals surface area contributed by atoms with Crippen LogP contribution in [0.3, 0.4) is 0 Å². The molecule has 0 radical (unpaired) electrons. The van der Waals surface area contributed by atoms with Gasteiger partial charge in [-0.1, -0.05) is 13.8 Å². The lowest BCUT2D eigenvalue weighted by Gasteiger charge is -2.34. The van der Waals surface area contributed by atoms with Crippen LogP contribution in [0.25, 0.3) is 11.0 Å². The van der Waals surface area contributed by atoms with Gasteiger partial charge in [-0.2, -0.15) is 0 Å². The summed E-state index contributed by atoms with van der Waals surface area (Å²) in [5.74, 6) is 0.919. The summed E-state index contributed by atoms with van der Waals surface area (Å²) in [6.07, 6.45) is 3.23. The van der Waals surface area contributed by atoms with E-state index in [4.69, 9.17) is 4.98 Å². The molecular formula is C16H22FN3. The highest BCUT2D eigenvalue weighted by atomic mass is 19.1. The zero-order chi connectivity index (χ0) is 14.2. The van der Waals surface area contributed by atoms with Crippen molar-refractivity contribution in [3.8, 4) is 0 Å². The second kappa shape index (κ2) is 5.17. The number of hydrogen-bond donors (Lipinski definition) is 1. The lowest BCUT2D eigenvalue weighted by atomic mass is 9.80. The number of hydrogen-bond acceptors (Lipinski definition) is 2. The number of rotatable bonds is 3. The van der Waals surface area contributed by atoms with Crippen molar-refractivity contribution < 1.29 is 4.39 Å². The molecule has 0 saturated carbocycles. The molecule has 1 saturated heterocycles. The molecule has 0 bridgehead atoms. The van der Waals surface area contributed by atoms with E-state index < -0.39 is 0 Å². The number of fused-ring (bicyclic) bond motifs is 1. The maximum atomic E-state index is 13.4. The zero-order valence-electron chi connectivity index (χ0n) is 12.2. The van der Waals surface area contributed by atoms with Crippen LogP contribution in [-0.2, 0) is 12.0 Å². The molecule has 0 unspecified atom stereocenters. The first-order valence-electron chi connectivity index (χ1n) is 7.51. The minimum absolute atomic E-state index is 0.0932. The molecule has 4 heteroatoms. The molecule has 1 fully saturated rings. The van der Waals surface area contributed by atoms with Crippen LogP contribution in [0.1, 0.15) is 38.9 Å². The highest BCUT2D eigenvalue weighted by Gasteiger charge is 2.33. The highest BCUT2D eigenvalue weighted by molar-refractivity contribution is 5.76. The van der Waals surface area contributed by atoms with Crippen molar-refractivity contribution >= 4 is 11.0 Å². The number of aryl methyl sites for hydroxylation is 1. The maximum Gasteiger partial charge on any atom is 0.125 e. The van der Waals surface area contributed by atoms with Crippen molar-refractivity contribution in [1.82, 2.24) is 14.9 Å². The molecule has 1 aliphatic heterocycles. The molecule has 2 aromatic rings. The third-order valence-corrected chi connectivity index (χ3v) is 4.40. The number of benzene rings is 1. The molecule has 108 valence electrons. The van der Waals surface area contributed by atoms with Gasteiger partial charge in [-0.05, 0) is 44.5 Å². The predicted octanol–water partition coefficient (Wildman–Crippen LogP) is 3.23. The maximum absolute atomic E-state index is 13.4. The lowest BCUT2D eigenvalue weighted by molar-refractivity contribution is 0.309. The summed E-state index contributed by atoms with van der Waals surface area (Å²) >= 11 is 0. The molecule has 3 rings (SSSR count). The molecule has 0 atom stereocenters. The topological polar surface area (TPSA) is 29.9 Å². The molecule has 1 aliphatic rings. The third-order valence-electron chi connectivity index (χ3n) is 4.40. The van der Waals surface area contributed by atoms with Crippen molar-refractivity contribution in [3.63, 3.8) is 0 Å². The Morgan fingerprint density at radius 1 is 1.35 bits per heavy atom. The molecule has 1 N–H and O–H groups in total. The summed E-state index contributed by atoms with van der Waals surface area (Å²) in [6.45, 7) is 7.46. The normalized spacial score (nSPS) is 18.6. The molecule has 20 heavy (non-hydrogen) atoms. The number of nitrogens with zero attached hydrogens (tertiary/aromatic N) is 2. The lowest BCUT2D eigenvalue weighted by Crippen LogP contribution is -2.39. The van der Waals surface area contributed by atoms with E-state index in [0.717, 1.165) is 55.8 Å². The summed E-state index contributed by atoms with van der Waals surface area (Å²) in [4.78, 5) is 4.78. The summed E-state index contributed by atoms with van der Waals surface area (Å²) < 4.78 is 15.7. The largest absolute Gasteiger partial charge is 0.328 e. The Hall–Kier alpha value is -1.42. The average molecular weight is 275 g/mol. The standard InChI is InChI=1S/C16H22FN3/c1-3-10-20-14-5-4-12(17)11-13(14)19-15(20)16(2)6-8-18-9-7-16/h4-5,11,18H,3,6-10H2,1-2H3. The van der Waals surface area contributed by atoms with Crippen LogP contribution < -0.4 is 5.32 Å².